The first-order chi connectivity index (χ1) is 2.77. The molecule has 0 amide bonds. The number of hydrogen-bond donors (Lipinski definition) is 4. The first-order valence-electron chi connectivity index (χ1n) is 1.64. The van der Waals surface area contributed by atoms with Crippen LogP contribution in [-0.2, 0) is 0 Å². The molecular formula is C2H9N3O. The highest BCUT2D eigenvalue weighted by Gasteiger charge is 1.86. The molecule has 0 fully saturated rings. The Bertz CT molecular complexity index is 30.0. The van der Waals surface area contributed by atoms with Crippen LogP contribution in [0, 0.1) is 0 Å². The summed E-state index contributed by atoms with van der Waals surface area (Å²) in [5.41, 5.74) is 7.01. The number of nitrogens with two attached hydrogens (primary N) is 2. The number of aliphatic hydroxyl groups excluding tert-OH is 1. The molecule has 0 aliphatic carbocycles. The lowest BCUT2D eigenvalue weighted by Gasteiger charge is -1.98. The van der Waals surface area contributed by atoms with Crippen LogP contribution in [0.5, 0.6) is 0 Å². The Balaban J connectivity index is 2.63. The van der Waals surface area contributed by atoms with Gasteiger partial charge in [-0.25, -0.2) is 0 Å². The maximum Gasteiger partial charge on any atom is 0.116 e. The van der Waals surface area contributed by atoms with Crippen molar-refractivity contribution in [3.05, 3.63) is 0 Å². The SMILES string of the molecule is NNCC(N)O. The maximum absolute atomic E-state index is 8.19. The minimum Gasteiger partial charge on any atom is -0.377 e. The van der Waals surface area contributed by atoms with E-state index in [9.17, 15) is 0 Å². The Morgan fingerprint density at radius 2 is 2.33 bits per heavy atom. The van der Waals surface area contributed by atoms with Gasteiger partial charge in [-0.2, -0.15) is 0 Å². The van der Waals surface area contributed by atoms with Crippen molar-refractivity contribution in [3.63, 3.8) is 0 Å². The van der Waals surface area contributed by atoms with Gasteiger partial charge in [0.15, 0.2) is 0 Å². The van der Waals surface area contributed by atoms with E-state index in [4.69, 9.17) is 16.7 Å². The van der Waals surface area contributed by atoms with Crippen molar-refractivity contribution in [2.24, 2.45) is 11.6 Å². The number of hydrazine groups is 1. The standard InChI is InChI=1S/C2H9N3O/c3-2(6)1-5-4/h2,5-6H,1,3-4H2. The fraction of sp³-hybridized carbons (Fsp3) is 1.00. The van der Waals surface area contributed by atoms with Crippen LogP contribution in [0.1, 0.15) is 0 Å². The maximum atomic E-state index is 8.19. The van der Waals surface area contributed by atoms with Gasteiger partial charge in [0, 0.05) is 6.54 Å². The second-order valence-corrected chi connectivity index (χ2v) is 0.976. The molecule has 0 aliphatic heterocycles. The molecule has 38 valence electrons. The summed E-state index contributed by atoms with van der Waals surface area (Å²) in [5, 5.41) is 8.19. The van der Waals surface area contributed by atoms with Crippen molar-refractivity contribution in [1.82, 2.24) is 5.43 Å². The van der Waals surface area contributed by atoms with Crippen molar-refractivity contribution < 1.29 is 5.11 Å². The van der Waals surface area contributed by atoms with Crippen molar-refractivity contribution in [2.45, 2.75) is 6.23 Å². The third kappa shape index (κ3) is 3.84. The van der Waals surface area contributed by atoms with E-state index < -0.39 is 6.23 Å². The predicted octanol–water partition coefficient (Wildman–Crippen LogP) is -2.27. The normalized spacial score (nSPS) is 14.5. The van der Waals surface area contributed by atoms with E-state index in [0.29, 0.717) is 0 Å². The average Bonchev–Trinajstić information content (AvgIpc) is 1.35. The summed E-state index contributed by atoms with van der Waals surface area (Å²) in [6.07, 6.45) is -0.838. The zero-order chi connectivity index (χ0) is 4.99. The molecule has 0 aromatic carbocycles. The molecule has 0 rings (SSSR count). The molecule has 0 spiro atoms. The zero-order valence-electron chi connectivity index (χ0n) is 3.39. The van der Waals surface area contributed by atoms with Crippen LogP contribution in [0.2, 0.25) is 0 Å². The van der Waals surface area contributed by atoms with Crippen molar-refractivity contribution in [2.75, 3.05) is 6.54 Å². The summed E-state index contributed by atoms with van der Waals surface area (Å²) in [7, 11) is 0. The average molecular weight is 91.1 g/mol. The Morgan fingerprint density at radius 1 is 1.83 bits per heavy atom. The van der Waals surface area contributed by atoms with Crippen LogP contribution < -0.4 is 17.0 Å². The smallest absolute Gasteiger partial charge is 0.116 e. The van der Waals surface area contributed by atoms with Crippen molar-refractivity contribution >= 4 is 0 Å². The summed E-state index contributed by atoms with van der Waals surface area (Å²) in [6, 6.07) is 0. The highest BCUT2D eigenvalue weighted by Crippen LogP contribution is 1.55. The Kier molecular flexibility index (Phi) is 2.97. The lowest BCUT2D eigenvalue weighted by molar-refractivity contribution is 0.179. The topological polar surface area (TPSA) is 84.3 Å². The van der Waals surface area contributed by atoms with E-state index in [2.05, 4.69) is 5.43 Å². The molecule has 0 bridgehead atoms. The van der Waals surface area contributed by atoms with Crippen molar-refractivity contribution in [3.8, 4) is 0 Å². The Labute approximate surface area is 36.1 Å². The van der Waals surface area contributed by atoms with Gasteiger partial charge in [-0.3, -0.25) is 11.3 Å². The van der Waals surface area contributed by atoms with Gasteiger partial charge in [0.25, 0.3) is 0 Å². The van der Waals surface area contributed by atoms with Crippen LogP contribution in [0.15, 0.2) is 0 Å². The molecule has 0 aromatic rings. The van der Waals surface area contributed by atoms with E-state index in [-0.39, 0.29) is 6.54 Å². The van der Waals surface area contributed by atoms with Gasteiger partial charge in [0.1, 0.15) is 6.23 Å². The van der Waals surface area contributed by atoms with Gasteiger partial charge in [-0.15, -0.1) is 0 Å². The van der Waals surface area contributed by atoms with Crippen LogP contribution in [0.25, 0.3) is 0 Å². The molecule has 1 unspecified atom stereocenters. The highest BCUT2D eigenvalue weighted by molar-refractivity contribution is 4.40. The quantitative estimate of drug-likeness (QED) is 0.175. The summed E-state index contributed by atoms with van der Waals surface area (Å²) >= 11 is 0. The summed E-state index contributed by atoms with van der Waals surface area (Å²) < 4.78 is 0. The molecule has 6 N–H and O–H groups in total. The first-order valence-corrected chi connectivity index (χ1v) is 1.64. The van der Waals surface area contributed by atoms with Gasteiger partial charge < -0.3 is 10.8 Å². The Morgan fingerprint density at radius 3 is 2.33 bits per heavy atom. The van der Waals surface area contributed by atoms with E-state index >= 15 is 0 Å². The third-order valence-corrected chi connectivity index (χ3v) is 0.327. The molecule has 0 heterocycles. The van der Waals surface area contributed by atoms with E-state index in [1.54, 1.807) is 0 Å². The third-order valence-electron chi connectivity index (χ3n) is 0.327. The molecule has 0 saturated heterocycles. The van der Waals surface area contributed by atoms with E-state index in [0.717, 1.165) is 0 Å². The molecular weight excluding hydrogens is 82.0 g/mol. The second kappa shape index (κ2) is 3.05. The lowest BCUT2D eigenvalue weighted by Crippen LogP contribution is -2.36. The van der Waals surface area contributed by atoms with Crippen molar-refractivity contribution in [1.29, 1.82) is 0 Å². The highest BCUT2D eigenvalue weighted by atomic mass is 16.3. The summed E-state index contributed by atoms with van der Waals surface area (Å²) in [4.78, 5) is 0. The van der Waals surface area contributed by atoms with E-state index in [1.807, 2.05) is 0 Å². The fourth-order valence-corrected chi connectivity index (χ4v) is 0.121. The summed E-state index contributed by atoms with van der Waals surface area (Å²) in [6.45, 7) is 0.236. The monoisotopic (exact) mass is 91.1 g/mol. The van der Waals surface area contributed by atoms with Crippen LogP contribution >= 0.6 is 0 Å². The van der Waals surface area contributed by atoms with Gasteiger partial charge in [-0.1, -0.05) is 0 Å². The second-order valence-electron chi connectivity index (χ2n) is 0.976. The molecule has 6 heavy (non-hydrogen) atoms. The van der Waals surface area contributed by atoms with E-state index in [1.165, 1.54) is 0 Å². The molecule has 0 aliphatic rings. The number of nitrogens with one attached hydrogen (secondary N) is 1. The van der Waals surface area contributed by atoms with Gasteiger partial charge >= 0.3 is 0 Å². The molecule has 4 heteroatoms. The van der Waals surface area contributed by atoms with Crippen LogP contribution in [0.4, 0.5) is 0 Å². The van der Waals surface area contributed by atoms with Gasteiger partial charge in [-0.05, 0) is 0 Å². The zero-order valence-corrected chi connectivity index (χ0v) is 3.39. The minimum atomic E-state index is -0.838. The molecule has 1 atom stereocenters. The molecule has 0 saturated carbocycles. The lowest BCUT2D eigenvalue weighted by atomic mass is 10.6. The minimum absolute atomic E-state index is 0.236. The van der Waals surface area contributed by atoms with Crippen LogP contribution in [0.3, 0.4) is 0 Å². The Hall–Kier alpha value is -0.160. The number of aliphatic hydroxyl groups is 1. The number of rotatable bonds is 2. The van der Waals surface area contributed by atoms with Gasteiger partial charge in [0.2, 0.25) is 0 Å². The predicted molar refractivity (Wildman–Crippen MR) is 22.4 cm³/mol. The van der Waals surface area contributed by atoms with Gasteiger partial charge in [0.05, 0.1) is 0 Å². The molecule has 0 radical (unpaired) electrons. The summed E-state index contributed by atoms with van der Waals surface area (Å²) in [5.74, 6) is 4.74. The molecule has 4 nitrogen and oxygen atoms in total. The number of hydrogen-bond acceptors (Lipinski definition) is 4. The fourth-order valence-electron chi connectivity index (χ4n) is 0.121. The first kappa shape index (κ1) is 5.84. The van der Waals surface area contributed by atoms with Crippen LogP contribution in [-0.4, -0.2) is 17.9 Å². The largest absolute Gasteiger partial charge is 0.377 e. The molecule has 0 aromatic heterocycles.